The molecule has 0 saturated carbocycles. The number of urea groups is 1. The van der Waals surface area contributed by atoms with Crippen LogP contribution in [0, 0.1) is 17.5 Å². The number of piperazine rings is 1. The molecule has 0 spiro atoms. The molecular weight excluding hydrogens is 719 g/mol. The molecule has 0 aliphatic carbocycles. The molecular formula is C36H31ClF3N7O6. The summed E-state index contributed by atoms with van der Waals surface area (Å²) in [4.78, 5) is 52.6. The van der Waals surface area contributed by atoms with E-state index in [1.165, 1.54) is 36.3 Å². The molecule has 274 valence electrons. The molecule has 2 N–H and O–H groups in total. The first-order valence-electron chi connectivity index (χ1n) is 16.3. The number of fused-ring (bicyclic) bond motifs is 1. The van der Waals surface area contributed by atoms with E-state index in [0.29, 0.717) is 42.6 Å². The van der Waals surface area contributed by atoms with Crippen LogP contribution in [0.1, 0.15) is 27.8 Å². The van der Waals surface area contributed by atoms with Crippen molar-refractivity contribution in [2.45, 2.75) is 12.1 Å². The second-order valence-electron chi connectivity index (χ2n) is 12.6. The summed E-state index contributed by atoms with van der Waals surface area (Å²) < 4.78 is 56.0. The summed E-state index contributed by atoms with van der Waals surface area (Å²) in [6, 6.07) is 8.89. The van der Waals surface area contributed by atoms with E-state index in [1.807, 2.05) is 0 Å². The quantitative estimate of drug-likeness (QED) is 0.223. The maximum Gasteiger partial charge on any atom is 0.338 e. The standard InChI is InChI=1S/C36H31ClF3N7O6/c1-44-8-7-41-33(44)32-42-28(30(35(50)52-2)31(43-32)25-5-4-20(38)14-26(25)37)18-45-9-10-46-23(16-45)17-47(36(46)51)22-12-21(39)13-24(15-22)53-29-6-3-19(34(48)49)11-27(29)40/h3-8,11-15,23,31H,9-10,16-18H2,1-2H3,(H,42,43)(H,48,49)/t23-,31?/m0/s1. The highest BCUT2D eigenvalue weighted by Crippen LogP contribution is 2.37. The predicted octanol–water partition coefficient (Wildman–Crippen LogP) is 5.13. The highest BCUT2D eigenvalue weighted by molar-refractivity contribution is 6.31. The number of ether oxygens (including phenoxy) is 2. The third kappa shape index (κ3) is 7.02. The number of imidazole rings is 1. The number of carbonyl (C=O) groups excluding carboxylic acids is 2. The zero-order valence-electron chi connectivity index (χ0n) is 28.2. The number of amidine groups is 1. The van der Waals surface area contributed by atoms with Crippen LogP contribution < -0.4 is 15.0 Å². The van der Waals surface area contributed by atoms with E-state index in [2.05, 4.69) is 15.2 Å². The van der Waals surface area contributed by atoms with Gasteiger partial charge in [-0.2, -0.15) is 0 Å². The maximum absolute atomic E-state index is 14.9. The molecule has 4 heterocycles. The average Bonchev–Trinajstić information content (AvgIpc) is 3.70. The van der Waals surface area contributed by atoms with Crippen molar-refractivity contribution >= 4 is 41.1 Å². The molecule has 1 aromatic heterocycles. The average molecular weight is 750 g/mol. The Balaban J connectivity index is 1.14. The van der Waals surface area contributed by atoms with E-state index >= 15 is 0 Å². The molecule has 1 unspecified atom stereocenters. The van der Waals surface area contributed by atoms with Crippen LogP contribution >= 0.6 is 11.6 Å². The molecule has 2 amide bonds. The summed E-state index contributed by atoms with van der Waals surface area (Å²) in [5, 5.41) is 12.5. The summed E-state index contributed by atoms with van der Waals surface area (Å²) in [6.45, 7) is 1.48. The number of hydrogen-bond acceptors (Lipinski definition) is 9. The van der Waals surface area contributed by atoms with Crippen LogP contribution in [0.4, 0.5) is 23.7 Å². The zero-order chi connectivity index (χ0) is 37.6. The molecule has 2 fully saturated rings. The lowest BCUT2D eigenvalue weighted by Crippen LogP contribution is -2.53. The molecule has 3 aliphatic heterocycles. The summed E-state index contributed by atoms with van der Waals surface area (Å²) in [6.07, 6.45) is 3.34. The number of aryl methyl sites for hydroxylation is 1. The lowest BCUT2D eigenvalue weighted by atomic mass is 9.95. The van der Waals surface area contributed by atoms with Gasteiger partial charge in [0.15, 0.2) is 23.2 Å². The number of rotatable bonds is 9. The Hall–Kier alpha value is -5.87. The third-order valence-electron chi connectivity index (χ3n) is 9.21. The molecule has 7 rings (SSSR count). The molecule has 13 nitrogen and oxygen atoms in total. The Morgan fingerprint density at radius 1 is 1.04 bits per heavy atom. The Kier molecular flexibility index (Phi) is 9.57. The van der Waals surface area contributed by atoms with Crippen molar-refractivity contribution in [3.8, 4) is 11.5 Å². The van der Waals surface area contributed by atoms with Crippen LogP contribution in [-0.2, 0) is 16.6 Å². The number of nitrogens with zero attached hydrogens (tertiary/aromatic N) is 6. The van der Waals surface area contributed by atoms with Crippen molar-refractivity contribution in [1.82, 2.24) is 24.7 Å². The normalized spacial score (nSPS) is 18.8. The number of carboxylic acid groups (broad SMARTS) is 1. The van der Waals surface area contributed by atoms with Crippen molar-refractivity contribution < 1.29 is 42.1 Å². The van der Waals surface area contributed by atoms with E-state index in [9.17, 15) is 27.6 Å². The topological polar surface area (TPSA) is 142 Å². The van der Waals surface area contributed by atoms with Gasteiger partial charge in [-0.05, 0) is 36.4 Å². The fourth-order valence-corrected chi connectivity index (χ4v) is 6.96. The van der Waals surface area contributed by atoms with E-state index in [1.54, 1.807) is 28.9 Å². The predicted molar refractivity (Wildman–Crippen MR) is 186 cm³/mol. The zero-order valence-corrected chi connectivity index (χ0v) is 29.0. The van der Waals surface area contributed by atoms with Crippen LogP contribution in [0.5, 0.6) is 11.5 Å². The van der Waals surface area contributed by atoms with E-state index in [4.69, 9.17) is 31.2 Å². The highest BCUT2D eigenvalue weighted by atomic mass is 35.5. The Morgan fingerprint density at radius 2 is 1.85 bits per heavy atom. The summed E-state index contributed by atoms with van der Waals surface area (Å²) in [5.74, 6) is -3.78. The van der Waals surface area contributed by atoms with Gasteiger partial charge in [0.05, 0.1) is 30.0 Å². The molecule has 53 heavy (non-hydrogen) atoms. The van der Waals surface area contributed by atoms with Crippen LogP contribution in [0.25, 0.3) is 0 Å². The first-order chi connectivity index (χ1) is 25.4. The Bertz CT molecular complexity index is 2210. The number of esters is 1. The van der Waals surface area contributed by atoms with E-state index < -0.39 is 35.4 Å². The molecule has 3 aromatic carbocycles. The summed E-state index contributed by atoms with van der Waals surface area (Å²) >= 11 is 6.50. The van der Waals surface area contributed by atoms with Gasteiger partial charge in [-0.15, -0.1) is 0 Å². The molecule has 2 atom stereocenters. The number of aromatic nitrogens is 2. The summed E-state index contributed by atoms with van der Waals surface area (Å²) in [5.41, 5.74) is 0.929. The second kappa shape index (κ2) is 14.3. The fraction of sp³-hybridized carbons (Fsp3) is 0.250. The van der Waals surface area contributed by atoms with Gasteiger partial charge in [0.1, 0.15) is 23.4 Å². The van der Waals surface area contributed by atoms with Gasteiger partial charge < -0.3 is 29.4 Å². The van der Waals surface area contributed by atoms with Gasteiger partial charge in [-0.3, -0.25) is 14.8 Å². The fourth-order valence-electron chi connectivity index (χ4n) is 6.69. The number of carboxylic acids is 1. The van der Waals surface area contributed by atoms with Gasteiger partial charge in [-0.1, -0.05) is 17.7 Å². The smallest absolute Gasteiger partial charge is 0.338 e. The van der Waals surface area contributed by atoms with Gasteiger partial charge in [-0.25, -0.2) is 32.5 Å². The molecule has 0 bridgehead atoms. The van der Waals surface area contributed by atoms with Crippen LogP contribution in [-0.4, -0.2) is 94.1 Å². The van der Waals surface area contributed by atoms with Gasteiger partial charge in [0.25, 0.3) is 0 Å². The lowest BCUT2D eigenvalue weighted by Gasteiger charge is -2.38. The van der Waals surface area contributed by atoms with Gasteiger partial charge in [0, 0.05) is 80.6 Å². The number of hydrogen-bond donors (Lipinski definition) is 2. The number of carbonyl (C=O) groups is 3. The van der Waals surface area contributed by atoms with Gasteiger partial charge in [0.2, 0.25) is 0 Å². The first-order valence-corrected chi connectivity index (χ1v) is 16.7. The van der Waals surface area contributed by atoms with Crippen LogP contribution in [0.15, 0.2) is 83.3 Å². The Morgan fingerprint density at radius 3 is 2.55 bits per heavy atom. The lowest BCUT2D eigenvalue weighted by molar-refractivity contribution is -0.136. The van der Waals surface area contributed by atoms with Crippen molar-refractivity contribution in [2.75, 3.05) is 44.7 Å². The molecule has 2 saturated heterocycles. The third-order valence-corrected chi connectivity index (χ3v) is 9.54. The number of amides is 2. The van der Waals surface area contributed by atoms with Crippen LogP contribution in [0.3, 0.4) is 0 Å². The minimum Gasteiger partial charge on any atom is -0.478 e. The molecule has 17 heteroatoms. The molecule has 0 radical (unpaired) electrons. The van der Waals surface area contributed by atoms with Crippen molar-refractivity contribution in [1.29, 1.82) is 0 Å². The number of anilines is 1. The van der Waals surface area contributed by atoms with E-state index in [0.717, 1.165) is 30.3 Å². The number of aromatic carboxylic acids is 1. The van der Waals surface area contributed by atoms with Crippen LogP contribution in [0.2, 0.25) is 5.02 Å². The Labute approximate surface area is 305 Å². The molecule has 3 aliphatic rings. The minimum atomic E-state index is -1.32. The van der Waals surface area contributed by atoms with E-state index in [-0.39, 0.29) is 58.5 Å². The minimum absolute atomic E-state index is 0.0749. The van der Waals surface area contributed by atoms with Gasteiger partial charge >= 0.3 is 18.0 Å². The second-order valence-corrected chi connectivity index (χ2v) is 13.0. The number of nitrogens with one attached hydrogen (secondary N) is 1. The molecule has 4 aromatic rings. The number of halogens is 4. The highest BCUT2D eigenvalue weighted by Gasteiger charge is 2.42. The number of benzene rings is 3. The first kappa shape index (κ1) is 35.5. The SMILES string of the molecule is COC(=O)C1=C(CN2CCN3C(=O)N(c4cc(F)cc(Oc5ccc(C(=O)O)cc5F)c4)C[C@@H]3C2)NC(c2nccn2C)=NC1c1ccc(F)cc1Cl. The monoisotopic (exact) mass is 749 g/mol. The van der Waals surface area contributed by atoms with Crippen molar-refractivity contribution in [2.24, 2.45) is 12.0 Å². The largest absolute Gasteiger partial charge is 0.478 e. The number of methoxy groups -OCH3 is 1. The van der Waals surface area contributed by atoms with Crippen molar-refractivity contribution in [3.63, 3.8) is 0 Å². The van der Waals surface area contributed by atoms with Crippen molar-refractivity contribution in [3.05, 3.63) is 118 Å². The summed E-state index contributed by atoms with van der Waals surface area (Å²) in [7, 11) is 3.04. The number of aliphatic imine (C=N–C) groups is 1. The maximum atomic E-state index is 14.9.